The third kappa shape index (κ3) is 2.59. The molecule has 1 aliphatic heterocycles. The van der Waals surface area contributed by atoms with Crippen molar-refractivity contribution in [2.24, 2.45) is 0 Å². The van der Waals surface area contributed by atoms with E-state index in [-0.39, 0.29) is 0 Å². The molecule has 1 aromatic carbocycles. The van der Waals surface area contributed by atoms with Crippen LogP contribution in [0.15, 0.2) is 36.5 Å². The molecule has 0 N–H and O–H groups in total. The number of benzene rings is 1. The summed E-state index contributed by atoms with van der Waals surface area (Å²) < 4.78 is 7.24. The first-order valence-corrected chi connectivity index (χ1v) is 7.95. The highest BCUT2D eigenvalue weighted by Gasteiger charge is 2.14. The van der Waals surface area contributed by atoms with Gasteiger partial charge in [-0.25, -0.2) is 9.67 Å². The zero-order chi connectivity index (χ0) is 16.5. The van der Waals surface area contributed by atoms with E-state index in [1.54, 1.807) is 6.07 Å². The number of pyridine rings is 1. The molecule has 3 heterocycles. The molecule has 24 heavy (non-hydrogen) atoms. The summed E-state index contributed by atoms with van der Waals surface area (Å²) in [6.07, 6.45) is 1.94. The van der Waals surface area contributed by atoms with Crippen molar-refractivity contribution >= 4 is 16.7 Å². The molecule has 1 fully saturated rings. The van der Waals surface area contributed by atoms with Gasteiger partial charge in [0.25, 0.3) is 0 Å². The average Bonchev–Trinajstić information content (AvgIpc) is 3.05. The van der Waals surface area contributed by atoms with E-state index in [0.29, 0.717) is 11.3 Å². The van der Waals surface area contributed by atoms with Gasteiger partial charge in [-0.1, -0.05) is 0 Å². The van der Waals surface area contributed by atoms with Crippen LogP contribution in [0.4, 0.5) is 5.69 Å². The SMILES string of the molecule is Cc1cc(-n2cc3ccc(C#N)nc3n2)ccc1N1CCOCC1. The second kappa shape index (κ2) is 5.95. The lowest BCUT2D eigenvalue weighted by Gasteiger charge is -2.30. The summed E-state index contributed by atoms with van der Waals surface area (Å²) >= 11 is 0. The van der Waals surface area contributed by atoms with Crippen molar-refractivity contribution in [2.45, 2.75) is 6.92 Å². The van der Waals surface area contributed by atoms with Gasteiger partial charge in [0.2, 0.25) is 0 Å². The van der Waals surface area contributed by atoms with Gasteiger partial charge in [-0.3, -0.25) is 0 Å². The maximum absolute atomic E-state index is 8.95. The summed E-state index contributed by atoms with van der Waals surface area (Å²) in [5.74, 6) is 0. The molecule has 0 unspecified atom stereocenters. The fourth-order valence-corrected chi connectivity index (χ4v) is 3.04. The van der Waals surface area contributed by atoms with Crippen molar-refractivity contribution in [3.8, 4) is 11.8 Å². The van der Waals surface area contributed by atoms with Crippen molar-refractivity contribution in [1.29, 1.82) is 5.26 Å². The van der Waals surface area contributed by atoms with Crippen molar-refractivity contribution in [2.75, 3.05) is 31.2 Å². The third-order valence-electron chi connectivity index (χ3n) is 4.28. The van der Waals surface area contributed by atoms with Crippen LogP contribution in [0.1, 0.15) is 11.3 Å². The van der Waals surface area contributed by atoms with E-state index in [9.17, 15) is 0 Å². The van der Waals surface area contributed by atoms with E-state index in [2.05, 4.69) is 40.1 Å². The van der Waals surface area contributed by atoms with Gasteiger partial charge in [0, 0.05) is 30.4 Å². The number of hydrogen-bond donors (Lipinski definition) is 0. The lowest BCUT2D eigenvalue weighted by Crippen LogP contribution is -2.36. The Bertz CT molecular complexity index is 934. The molecule has 0 aliphatic carbocycles. The van der Waals surface area contributed by atoms with Crippen molar-refractivity contribution in [3.63, 3.8) is 0 Å². The molecule has 0 atom stereocenters. The first-order chi connectivity index (χ1) is 11.7. The summed E-state index contributed by atoms with van der Waals surface area (Å²) in [7, 11) is 0. The topological polar surface area (TPSA) is 67.0 Å². The Kier molecular flexibility index (Phi) is 3.63. The predicted molar refractivity (Wildman–Crippen MR) is 91.3 cm³/mol. The zero-order valence-corrected chi connectivity index (χ0v) is 13.4. The normalized spacial score (nSPS) is 14.8. The Morgan fingerprint density at radius 1 is 1.17 bits per heavy atom. The Hall–Kier alpha value is -2.91. The molecule has 6 nitrogen and oxygen atoms in total. The minimum absolute atomic E-state index is 0.381. The molecule has 0 amide bonds. The molecule has 6 heteroatoms. The van der Waals surface area contributed by atoms with E-state index in [4.69, 9.17) is 10.00 Å². The first-order valence-electron chi connectivity index (χ1n) is 7.95. The van der Waals surface area contributed by atoms with Crippen LogP contribution in [0.5, 0.6) is 0 Å². The van der Waals surface area contributed by atoms with Crippen molar-refractivity contribution in [3.05, 3.63) is 47.8 Å². The highest BCUT2D eigenvalue weighted by molar-refractivity contribution is 5.75. The van der Waals surface area contributed by atoms with Gasteiger partial charge in [0.05, 0.1) is 18.9 Å². The summed E-state index contributed by atoms with van der Waals surface area (Å²) in [5.41, 5.74) is 4.40. The predicted octanol–water partition coefficient (Wildman–Crippen LogP) is 2.44. The van der Waals surface area contributed by atoms with Crippen LogP contribution in [0.2, 0.25) is 0 Å². The van der Waals surface area contributed by atoms with Gasteiger partial charge in [0.1, 0.15) is 11.8 Å². The molecular weight excluding hydrogens is 302 g/mol. The van der Waals surface area contributed by atoms with Crippen molar-refractivity contribution in [1.82, 2.24) is 14.8 Å². The molecule has 4 rings (SSSR count). The fraction of sp³-hybridized carbons (Fsp3) is 0.278. The number of ether oxygens (including phenoxy) is 1. The lowest BCUT2D eigenvalue weighted by atomic mass is 10.1. The number of aromatic nitrogens is 3. The summed E-state index contributed by atoms with van der Waals surface area (Å²) in [6.45, 7) is 5.51. The molecular formula is C18H17N5O. The van der Waals surface area contributed by atoms with E-state index in [1.165, 1.54) is 11.3 Å². The number of morpholine rings is 1. The Labute approximate surface area is 139 Å². The summed E-state index contributed by atoms with van der Waals surface area (Å²) in [6, 6.07) is 12.0. The van der Waals surface area contributed by atoms with Crippen LogP contribution >= 0.6 is 0 Å². The number of nitriles is 1. The van der Waals surface area contributed by atoms with E-state index < -0.39 is 0 Å². The number of hydrogen-bond acceptors (Lipinski definition) is 5. The van der Waals surface area contributed by atoms with Crippen LogP contribution in [0.3, 0.4) is 0 Å². The minimum Gasteiger partial charge on any atom is -0.378 e. The highest BCUT2D eigenvalue weighted by Crippen LogP contribution is 2.24. The standard InChI is InChI=1S/C18H17N5O/c1-13-10-16(4-5-17(13)22-6-8-24-9-7-22)23-12-14-2-3-15(11-19)20-18(14)21-23/h2-5,10,12H,6-9H2,1H3. The summed E-state index contributed by atoms with van der Waals surface area (Å²) in [5, 5.41) is 14.4. The maximum atomic E-state index is 8.95. The van der Waals surface area contributed by atoms with E-state index >= 15 is 0 Å². The van der Waals surface area contributed by atoms with Crippen LogP contribution in [0, 0.1) is 18.3 Å². The molecule has 0 saturated carbocycles. The zero-order valence-electron chi connectivity index (χ0n) is 13.4. The van der Waals surface area contributed by atoms with Gasteiger partial charge in [-0.2, -0.15) is 5.26 Å². The monoisotopic (exact) mass is 319 g/mol. The lowest BCUT2D eigenvalue weighted by molar-refractivity contribution is 0.122. The van der Waals surface area contributed by atoms with Gasteiger partial charge in [-0.05, 0) is 42.8 Å². The molecule has 2 aromatic heterocycles. The largest absolute Gasteiger partial charge is 0.378 e. The third-order valence-corrected chi connectivity index (χ3v) is 4.28. The molecule has 0 spiro atoms. The van der Waals surface area contributed by atoms with Crippen LogP contribution in [-0.4, -0.2) is 41.1 Å². The second-order valence-electron chi connectivity index (χ2n) is 5.87. The van der Waals surface area contributed by atoms with Crippen LogP contribution < -0.4 is 4.90 Å². The van der Waals surface area contributed by atoms with Gasteiger partial charge < -0.3 is 9.64 Å². The number of fused-ring (bicyclic) bond motifs is 1. The second-order valence-corrected chi connectivity index (χ2v) is 5.87. The fourth-order valence-electron chi connectivity index (χ4n) is 3.04. The number of nitrogens with zero attached hydrogens (tertiary/aromatic N) is 5. The first kappa shape index (κ1) is 14.7. The number of rotatable bonds is 2. The van der Waals surface area contributed by atoms with E-state index in [1.807, 2.05) is 23.0 Å². The highest BCUT2D eigenvalue weighted by atomic mass is 16.5. The molecule has 1 saturated heterocycles. The smallest absolute Gasteiger partial charge is 0.182 e. The molecule has 0 radical (unpaired) electrons. The molecule has 0 bridgehead atoms. The maximum Gasteiger partial charge on any atom is 0.182 e. The Morgan fingerprint density at radius 3 is 2.75 bits per heavy atom. The Balaban J connectivity index is 1.69. The molecule has 1 aliphatic rings. The average molecular weight is 319 g/mol. The van der Waals surface area contributed by atoms with Crippen molar-refractivity contribution < 1.29 is 4.74 Å². The number of aryl methyl sites for hydroxylation is 1. The van der Waals surface area contributed by atoms with Gasteiger partial charge in [0.15, 0.2) is 5.65 Å². The van der Waals surface area contributed by atoms with Crippen LogP contribution in [0.25, 0.3) is 16.7 Å². The molecule has 3 aromatic rings. The van der Waals surface area contributed by atoms with Crippen LogP contribution in [-0.2, 0) is 4.74 Å². The quantitative estimate of drug-likeness (QED) is 0.726. The molecule has 120 valence electrons. The Morgan fingerprint density at radius 2 is 2.00 bits per heavy atom. The van der Waals surface area contributed by atoms with E-state index in [0.717, 1.165) is 37.4 Å². The van der Waals surface area contributed by atoms with Gasteiger partial charge in [-0.15, -0.1) is 5.10 Å². The summed E-state index contributed by atoms with van der Waals surface area (Å²) in [4.78, 5) is 6.59. The van der Waals surface area contributed by atoms with Gasteiger partial charge >= 0.3 is 0 Å². The number of anilines is 1. The minimum atomic E-state index is 0.381.